The van der Waals surface area contributed by atoms with E-state index in [0.717, 1.165) is 6.42 Å². The van der Waals surface area contributed by atoms with Gasteiger partial charge in [-0.3, -0.25) is 0 Å². The van der Waals surface area contributed by atoms with Crippen molar-refractivity contribution in [1.82, 2.24) is 5.32 Å². The maximum Gasteiger partial charge on any atom is 0.0328 e. The second-order valence-corrected chi connectivity index (χ2v) is 7.23. The van der Waals surface area contributed by atoms with Gasteiger partial charge in [0.05, 0.1) is 0 Å². The van der Waals surface area contributed by atoms with Gasteiger partial charge in [0.25, 0.3) is 0 Å². The lowest BCUT2D eigenvalue weighted by Crippen LogP contribution is -2.30. The Bertz CT molecular complexity index is 550. The van der Waals surface area contributed by atoms with Crippen LogP contribution in [-0.4, -0.2) is 6.04 Å². The van der Waals surface area contributed by atoms with E-state index in [4.69, 9.17) is 0 Å². The SMILES string of the molecule is CC(Cc1cccs1)NC1CCc2cc(Br)ccc21. The zero-order valence-electron chi connectivity index (χ0n) is 11.0. The van der Waals surface area contributed by atoms with E-state index in [1.807, 2.05) is 11.3 Å². The highest BCUT2D eigenvalue weighted by molar-refractivity contribution is 9.10. The summed E-state index contributed by atoms with van der Waals surface area (Å²) < 4.78 is 1.19. The Balaban J connectivity index is 1.66. The topological polar surface area (TPSA) is 12.0 Å². The fourth-order valence-corrected chi connectivity index (χ4v) is 4.14. The maximum absolute atomic E-state index is 3.78. The summed E-state index contributed by atoms with van der Waals surface area (Å²) in [5, 5.41) is 5.94. The standard InChI is InChI=1S/C16H18BrNS/c1-11(9-14-3-2-8-19-14)18-16-7-4-12-10-13(17)5-6-15(12)16/h2-3,5-6,8,10-11,16,18H,4,7,9H2,1H3. The van der Waals surface area contributed by atoms with Gasteiger partial charge in [0.2, 0.25) is 0 Å². The Morgan fingerprint density at radius 1 is 1.42 bits per heavy atom. The van der Waals surface area contributed by atoms with Gasteiger partial charge in [-0.25, -0.2) is 0 Å². The van der Waals surface area contributed by atoms with Crippen LogP contribution in [0.15, 0.2) is 40.2 Å². The van der Waals surface area contributed by atoms with Gasteiger partial charge >= 0.3 is 0 Å². The van der Waals surface area contributed by atoms with Crippen LogP contribution in [0.1, 0.15) is 35.4 Å². The Morgan fingerprint density at radius 2 is 2.32 bits per heavy atom. The molecular weight excluding hydrogens is 318 g/mol. The number of aryl methyl sites for hydroxylation is 1. The molecule has 0 fully saturated rings. The van der Waals surface area contributed by atoms with Crippen LogP contribution in [0.4, 0.5) is 0 Å². The first-order chi connectivity index (χ1) is 9.22. The molecule has 0 saturated carbocycles. The van der Waals surface area contributed by atoms with Gasteiger partial charge in [0.1, 0.15) is 0 Å². The van der Waals surface area contributed by atoms with E-state index in [1.165, 1.54) is 33.3 Å². The Kier molecular flexibility index (Phi) is 4.06. The molecule has 0 saturated heterocycles. The summed E-state index contributed by atoms with van der Waals surface area (Å²) in [4.78, 5) is 1.47. The van der Waals surface area contributed by atoms with Crippen LogP contribution in [0.5, 0.6) is 0 Å². The quantitative estimate of drug-likeness (QED) is 0.852. The summed E-state index contributed by atoms with van der Waals surface area (Å²) >= 11 is 5.41. The van der Waals surface area contributed by atoms with Gasteiger partial charge < -0.3 is 5.32 Å². The second kappa shape index (κ2) is 5.78. The number of thiophene rings is 1. The zero-order valence-corrected chi connectivity index (χ0v) is 13.4. The minimum absolute atomic E-state index is 0.526. The molecule has 1 N–H and O–H groups in total. The normalized spacial score (nSPS) is 19.4. The van der Waals surface area contributed by atoms with Crippen molar-refractivity contribution in [2.75, 3.05) is 0 Å². The summed E-state index contributed by atoms with van der Waals surface area (Å²) in [7, 11) is 0. The van der Waals surface area contributed by atoms with Crippen LogP contribution < -0.4 is 5.32 Å². The molecule has 1 aliphatic carbocycles. The van der Waals surface area contributed by atoms with E-state index < -0.39 is 0 Å². The highest BCUT2D eigenvalue weighted by Gasteiger charge is 2.23. The second-order valence-electron chi connectivity index (χ2n) is 5.29. The number of hydrogen-bond donors (Lipinski definition) is 1. The average molecular weight is 336 g/mol. The third-order valence-corrected chi connectivity index (χ3v) is 5.15. The molecular formula is C16H18BrNS. The molecule has 2 aromatic rings. The monoisotopic (exact) mass is 335 g/mol. The lowest BCUT2D eigenvalue weighted by Gasteiger charge is -2.20. The van der Waals surface area contributed by atoms with Crippen molar-refractivity contribution in [1.29, 1.82) is 0 Å². The van der Waals surface area contributed by atoms with E-state index in [-0.39, 0.29) is 0 Å². The summed E-state index contributed by atoms with van der Waals surface area (Å²) in [6.45, 7) is 2.29. The molecule has 2 unspecified atom stereocenters. The minimum atomic E-state index is 0.526. The molecule has 0 aliphatic heterocycles. The van der Waals surface area contributed by atoms with E-state index in [1.54, 1.807) is 0 Å². The Labute approximate surface area is 127 Å². The van der Waals surface area contributed by atoms with Crippen molar-refractivity contribution in [2.24, 2.45) is 0 Å². The molecule has 0 spiro atoms. The molecule has 0 bridgehead atoms. The molecule has 2 atom stereocenters. The lowest BCUT2D eigenvalue weighted by molar-refractivity contribution is 0.453. The molecule has 0 radical (unpaired) electrons. The number of fused-ring (bicyclic) bond motifs is 1. The third kappa shape index (κ3) is 3.10. The van der Waals surface area contributed by atoms with Crippen molar-refractivity contribution in [3.05, 3.63) is 56.2 Å². The van der Waals surface area contributed by atoms with Crippen molar-refractivity contribution < 1.29 is 0 Å². The van der Waals surface area contributed by atoms with Crippen LogP contribution in [0, 0.1) is 0 Å². The molecule has 1 aromatic heterocycles. The van der Waals surface area contributed by atoms with Crippen LogP contribution in [0.25, 0.3) is 0 Å². The molecule has 3 rings (SSSR count). The van der Waals surface area contributed by atoms with Crippen LogP contribution in [0.3, 0.4) is 0 Å². The summed E-state index contributed by atoms with van der Waals surface area (Å²) in [5.74, 6) is 0. The maximum atomic E-state index is 3.78. The first-order valence-electron chi connectivity index (χ1n) is 6.79. The molecule has 1 aromatic carbocycles. The number of halogens is 1. The fourth-order valence-electron chi connectivity index (χ4n) is 2.89. The van der Waals surface area contributed by atoms with Gasteiger partial charge in [0, 0.05) is 21.4 Å². The van der Waals surface area contributed by atoms with Crippen LogP contribution >= 0.6 is 27.3 Å². The zero-order chi connectivity index (χ0) is 13.2. The van der Waals surface area contributed by atoms with E-state index >= 15 is 0 Å². The van der Waals surface area contributed by atoms with Gasteiger partial charge in [0.15, 0.2) is 0 Å². The molecule has 0 amide bonds. The van der Waals surface area contributed by atoms with Gasteiger partial charge in [-0.2, -0.15) is 0 Å². The third-order valence-electron chi connectivity index (χ3n) is 3.76. The summed E-state index contributed by atoms with van der Waals surface area (Å²) in [6, 6.07) is 12.1. The number of nitrogens with one attached hydrogen (secondary N) is 1. The van der Waals surface area contributed by atoms with E-state index in [0.29, 0.717) is 12.1 Å². The van der Waals surface area contributed by atoms with Crippen LogP contribution in [0.2, 0.25) is 0 Å². The number of benzene rings is 1. The predicted molar refractivity (Wildman–Crippen MR) is 85.8 cm³/mol. The summed E-state index contributed by atoms with van der Waals surface area (Å²) in [6.07, 6.45) is 3.54. The fraction of sp³-hybridized carbons (Fsp3) is 0.375. The molecule has 1 aliphatic rings. The van der Waals surface area contributed by atoms with E-state index in [2.05, 4.69) is 63.9 Å². The van der Waals surface area contributed by atoms with Crippen molar-refractivity contribution >= 4 is 27.3 Å². The Morgan fingerprint density at radius 3 is 3.11 bits per heavy atom. The van der Waals surface area contributed by atoms with Gasteiger partial charge in [-0.15, -0.1) is 11.3 Å². The average Bonchev–Trinajstić information content (AvgIpc) is 2.99. The van der Waals surface area contributed by atoms with Crippen LogP contribution in [-0.2, 0) is 12.8 Å². The van der Waals surface area contributed by atoms with Crippen molar-refractivity contribution in [2.45, 2.75) is 38.3 Å². The predicted octanol–water partition coefficient (Wildman–Crippen LogP) is 4.72. The lowest BCUT2D eigenvalue weighted by atomic mass is 10.1. The first-order valence-corrected chi connectivity index (χ1v) is 8.46. The molecule has 1 nitrogen and oxygen atoms in total. The number of hydrogen-bond acceptors (Lipinski definition) is 2. The first kappa shape index (κ1) is 13.3. The molecule has 19 heavy (non-hydrogen) atoms. The number of rotatable bonds is 4. The minimum Gasteiger partial charge on any atom is -0.307 e. The molecule has 1 heterocycles. The highest BCUT2D eigenvalue weighted by atomic mass is 79.9. The highest BCUT2D eigenvalue weighted by Crippen LogP contribution is 2.33. The largest absolute Gasteiger partial charge is 0.307 e. The summed E-state index contributed by atoms with van der Waals surface area (Å²) in [5.41, 5.74) is 2.98. The Hall–Kier alpha value is -0.640. The van der Waals surface area contributed by atoms with E-state index in [9.17, 15) is 0 Å². The molecule has 3 heteroatoms. The van der Waals surface area contributed by atoms with Gasteiger partial charge in [-0.05, 0) is 60.9 Å². The molecule has 100 valence electrons. The van der Waals surface area contributed by atoms with Crippen molar-refractivity contribution in [3.8, 4) is 0 Å². The smallest absolute Gasteiger partial charge is 0.0328 e. The van der Waals surface area contributed by atoms with Crippen molar-refractivity contribution in [3.63, 3.8) is 0 Å². The van der Waals surface area contributed by atoms with Gasteiger partial charge in [-0.1, -0.05) is 28.1 Å².